The van der Waals surface area contributed by atoms with Gasteiger partial charge in [0, 0.05) is 37.5 Å². The lowest BCUT2D eigenvalue weighted by atomic mass is 10.0. The Labute approximate surface area is 62.9 Å². The van der Waals surface area contributed by atoms with Crippen molar-refractivity contribution in [3.05, 3.63) is 41.3 Å². The normalized spacial score (nSPS) is 9.50. The van der Waals surface area contributed by atoms with Gasteiger partial charge in [-0.05, 0) is 19.1 Å². The molecule has 0 atom stereocenters. The molecule has 52 valence electrons. The van der Waals surface area contributed by atoms with Gasteiger partial charge in [-0.3, -0.25) is 0 Å². The van der Waals surface area contributed by atoms with Crippen LogP contribution in [0.15, 0.2) is 24.3 Å². The van der Waals surface area contributed by atoms with Gasteiger partial charge in [-0.1, -0.05) is 0 Å². The van der Waals surface area contributed by atoms with E-state index in [4.69, 9.17) is 0 Å². The van der Waals surface area contributed by atoms with Crippen molar-refractivity contribution in [1.82, 2.24) is 0 Å². The Morgan fingerprint density at radius 2 is 1.90 bits per heavy atom. The van der Waals surface area contributed by atoms with Gasteiger partial charge in [-0.2, -0.15) is 0 Å². The molecule has 0 bridgehead atoms. The molecular weight excluding hydrogens is 120 g/mol. The van der Waals surface area contributed by atoms with Crippen LogP contribution in [0, 0.1) is 12.8 Å². The fourth-order valence-corrected chi connectivity index (χ4v) is 0.956. The molecule has 0 aliphatic rings. The summed E-state index contributed by atoms with van der Waals surface area (Å²) in [7, 11) is 0. The number of aryl methyl sites for hydroxylation is 1. The van der Waals surface area contributed by atoms with E-state index >= 15 is 0 Å². The van der Waals surface area contributed by atoms with E-state index in [1.165, 1.54) is 17.0 Å². The van der Waals surface area contributed by atoms with Crippen LogP contribution in [0.3, 0.4) is 0 Å². The van der Waals surface area contributed by atoms with E-state index in [9.17, 15) is 0 Å². The first-order valence-corrected chi connectivity index (χ1v) is 3.57. The molecule has 0 nitrogen and oxygen atoms in total. The molecule has 0 aliphatic carbocycles. The Balaban J connectivity index is 2.96. The second-order valence-electron chi connectivity index (χ2n) is 2.87. The largest absolute Gasteiger partial charge is 0.132 e. The maximum atomic E-state index is 2.20. The highest BCUT2D eigenvalue weighted by atomic mass is 14.0. The molecule has 0 fully saturated rings. The summed E-state index contributed by atoms with van der Waals surface area (Å²) in [4.78, 5) is 0. The molecule has 0 saturated heterocycles. The number of hydrogen-bond acceptors (Lipinski definition) is 0. The second kappa shape index (κ2) is 2.78. The van der Waals surface area contributed by atoms with E-state index in [1.807, 2.05) is 0 Å². The van der Waals surface area contributed by atoms with Crippen LogP contribution < -0.4 is 0 Å². The van der Waals surface area contributed by atoms with Gasteiger partial charge in [0.2, 0.25) is 0 Å². The topological polar surface area (TPSA) is 0 Å². The van der Waals surface area contributed by atoms with Gasteiger partial charge in [0.25, 0.3) is 0 Å². The Bertz CT molecular complexity index is 211. The summed E-state index contributed by atoms with van der Waals surface area (Å²) < 4.78 is 0. The van der Waals surface area contributed by atoms with Gasteiger partial charge in [-0.25, -0.2) is 0 Å². The minimum Gasteiger partial charge on any atom is -0.0327 e. The maximum Gasteiger partial charge on any atom is 0.132 e. The molecule has 0 heterocycles. The first-order valence-electron chi connectivity index (χ1n) is 3.57. The lowest BCUT2D eigenvalue weighted by Crippen LogP contribution is -1.87. The molecule has 0 aromatic heterocycles. The highest BCUT2D eigenvalue weighted by Gasteiger charge is 2.05. The third kappa shape index (κ3) is 1.53. The summed E-state index contributed by atoms with van der Waals surface area (Å²) in [6, 6.07) is 8.56. The zero-order valence-electron chi connectivity index (χ0n) is 6.81. The van der Waals surface area contributed by atoms with Crippen molar-refractivity contribution in [2.24, 2.45) is 0 Å². The SMILES string of the molecule is Cc1cccc([C+](C)C)c1. The molecule has 0 radical (unpaired) electrons. The van der Waals surface area contributed by atoms with Crippen LogP contribution in [-0.4, -0.2) is 0 Å². The van der Waals surface area contributed by atoms with Gasteiger partial charge in [0.05, 0.1) is 0 Å². The lowest BCUT2D eigenvalue weighted by Gasteiger charge is -1.95. The molecular formula is C10H13+. The van der Waals surface area contributed by atoms with E-state index in [2.05, 4.69) is 45.0 Å². The van der Waals surface area contributed by atoms with Crippen molar-refractivity contribution in [1.29, 1.82) is 0 Å². The van der Waals surface area contributed by atoms with Crippen LogP contribution >= 0.6 is 0 Å². The van der Waals surface area contributed by atoms with Gasteiger partial charge in [-0.15, -0.1) is 0 Å². The standard InChI is InChI=1S/C10H13/c1-8(2)10-6-4-5-9(3)7-10/h4-7H,1-3H3/q+1. The molecule has 0 unspecified atom stereocenters. The third-order valence-corrected chi connectivity index (χ3v) is 1.60. The smallest absolute Gasteiger partial charge is 0.0327 e. The van der Waals surface area contributed by atoms with Crippen LogP contribution in [0.1, 0.15) is 25.0 Å². The Morgan fingerprint density at radius 1 is 1.20 bits per heavy atom. The van der Waals surface area contributed by atoms with Crippen LogP contribution in [0.5, 0.6) is 0 Å². The molecule has 0 heteroatoms. The molecule has 1 aromatic carbocycles. The summed E-state index contributed by atoms with van der Waals surface area (Å²) in [6.45, 7) is 6.38. The fraction of sp³-hybridized carbons (Fsp3) is 0.300. The molecule has 0 aliphatic heterocycles. The van der Waals surface area contributed by atoms with E-state index in [0.29, 0.717) is 0 Å². The quantitative estimate of drug-likeness (QED) is 0.517. The Hall–Kier alpha value is -0.910. The summed E-state index contributed by atoms with van der Waals surface area (Å²) in [5.41, 5.74) is 2.68. The monoisotopic (exact) mass is 133 g/mol. The van der Waals surface area contributed by atoms with Crippen LogP contribution in [-0.2, 0) is 0 Å². The van der Waals surface area contributed by atoms with Gasteiger partial charge >= 0.3 is 0 Å². The lowest BCUT2D eigenvalue weighted by molar-refractivity contribution is 1.14. The van der Waals surface area contributed by atoms with Crippen LogP contribution in [0.2, 0.25) is 0 Å². The average Bonchev–Trinajstić information content (AvgIpc) is 1.88. The first-order chi connectivity index (χ1) is 4.70. The zero-order chi connectivity index (χ0) is 7.56. The first kappa shape index (κ1) is 7.20. The minimum absolute atomic E-state index is 1.33. The van der Waals surface area contributed by atoms with Gasteiger partial charge < -0.3 is 0 Å². The number of benzene rings is 1. The highest BCUT2D eigenvalue weighted by molar-refractivity contribution is 5.31. The predicted octanol–water partition coefficient (Wildman–Crippen LogP) is 2.96. The van der Waals surface area contributed by atoms with E-state index in [0.717, 1.165) is 0 Å². The summed E-state index contributed by atoms with van der Waals surface area (Å²) >= 11 is 0. The highest BCUT2D eigenvalue weighted by Crippen LogP contribution is 2.13. The molecule has 0 N–H and O–H groups in total. The number of hydrogen-bond donors (Lipinski definition) is 0. The van der Waals surface area contributed by atoms with Crippen molar-refractivity contribution in [3.63, 3.8) is 0 Å². The van der Waals surface area contributed by atoms with E-state index in [-0.39, 0.29) is 0 Å². The van der Waals surface area contributed by atoms with Gasteiger partial charge in [0.15, 0.2) is 0 Å². The molecule has 0 saturated carbocycles. The molecule has 0 spiro atoms. The Morgan fingerprint density at radius 3 is 2.30 bits per heavy atom. The molecule has 1 rings (SSSR count). The van der Waals surface area contributed by atoms with Crippen molar-refractivity contribution in [2.75, 3.05) is 0 Å². The van der Waals surface area contributed by atoms with Crippen molar-refractivity contribution in [3.8, 4) is 0 Å². The van der Waals surface area contributed by atoms with Gasteiger partial charge in [0.1, 0.15) is 5.56 Å². The van der Waals surface area contributed by atoms with Crippen LogP contribution in [0.25, 0.3) is 0 Å². The van der Waals surface area contributed by atoms with Crippen molar-refractivity contribution < 1.29 is 0 Å². The fourth-order valence-electron chi connectivity index (χ4n) is 0.956. The molecule has 1 aromatic rings. The summed E-state index contributed by atoms with van der Waals surface area (Å²) in [5.74, 6) is 1.38. The van der Waals surface area contributed by atoms with Crippen molar-refractivity contribution in [2.45, 2.75) is 20.8 Å². The minimum atomic E-state index is 1.33. The average molecular weight is 133 g/mol. The second-order valence-corrected chi connectivity index (χ2v) is 2.87. The predicted molar refractivity (Wildman–Crippen MR) is 44.9 cm³/mol. The maximum absolute atomic E-state index is 2.20. The molecule has 10 heavy (non-hydrogen) atoms. The third-order valence-electron chi connectivity index (χ3n) is 1.60. The Kier molecular flexibility index (Phi) is 2.00. The van der Waals surface area contributed by atoms with Crippen molar-refractivity contribution >= 4 is 0 Å². The summed E-state index contributed by atoms with van der Waals surface area (Å²) in [5, 5.41) is 0. The molecule has 0 amide bonds. The number of rotatable bonds is 1. The van der Waals surface area contributed by atoms with Crippen LogP contribution in [0.4, 0.5) is 0 Å². The van der Waals surface area contributed by atoms with E-state index in [1.54, 1.807) is 0 Å². The zero-order valence-corrected chi connectivity index (χ0v) is 6.81. The summed E-state index contributed by atoms with van der Waals surface area (Å²) in [6.07, 6.45) is 0. The van der Waals surface area contributed by atoms with E-state index < -0.39 is 0 Å².